The van der Waals surface area contributed by atoms with E-state index in [9.17, 15) is 18.4 Å². The smallest absolute Gasteiger partial charge is 0.337 e. The van der Waals surface area contributed by atoms with Gasteiger partial charge in [0, 0.05) is 18.2 Å². The molecule has 30 heavy (non-hydrogen) atoms. The van der Waals surface area contributed by atoms with Crippen LogP contribution in [0.25, 0.3) is 10.2 Å². The highest BCUT2D eigenvalue weighted by atomic mass is 32.1. The summed E-state index contributed by atoms with van der Waals surface area (Å²) in [4.78, 5) is 30.6. The summed E-state index contributed by atoms with van der Waals surface area (Å²) >= 11 is 1.04. The number of ether oxygens (including phenoxy) is 2. The van der Waals surface area contributed by atoms with E-state index in [0.29, 0.717) is 22.4 Å². The normalized spacial score (nSPS) is 16.0. The zero-order valence-corrected chi connectivity index (χ0v) is 16.9. The van der Waals surface area contributed by atoms with E-state index in [1.54, 1.807) is 0 Å². The van der Waals surface area contributed by atoms with E-state index in [4.69, 9.17) is 4.74 Å². The number of halogens is 2. The van der Waals surface area contributed by atoms with Crippen LogP contribution in [0.1, 0.15) is 33.6 Å². The molecule has 1 amide bonds. The first-order chi connectivity index (χ1) is 14.5. The number of amides is 1. The van der Waals surface area contributed by atoms with Crippen molar-refractivity contribution >= 4 is 38.6 Å². The van der Waals surface area contributed by atoms with Crippen molar-refractivity contribution in [1.82, 2.24) is 4.98 Å². The number of rotatable bonds is 5. The molecule has 1 unspecified atom stereocenters. The molecule has 1 atom stereocenters. The Morgan fingerprint density at radius 3 is 2.63 bits per heavy atom. The number of carbonyl (C=O) groups excluding carboxylic acids is 2. The maximum absolute atomic E-state index is 14.1. The van der Waals surface area contributed by atoms with E-state index in [1.807, 2.05) is 0 Å². The molecular weight excluding hydrogens is 414 g/mol. The first-order valence-electron chi connectivity index (χ1n) is 9.33. The lowest BCUT2D eigenvalue weighted by Crippen LogP contribution is -2.37. The molecule has 0 spiro atoms. The Bertz CT molecular complexity index is 1090. The van der Waals surface area contributed by atoms with Gasteiger partial charge >= 0.3 is 5.97 Å². The average molecular weight is 432 g/mol. The zero-order valence-electron chi connectivity index (χ0n) is 16.1. The molecule has 4 rings (SSSR count). The number of nitrogens with zero attached hydrogens (tertiary/aromatic N) is 2. The van der Waals surface area contributed by atoms with Crippen LogP contribution in [-0.4, -0.2) is 43.2 Å². The van der Waals surface area contributed by atoms with E-state index in [0.717, 1.165) is 30.2 Å². The minimum atomic E-state index is -0.778. The lowest BCUT2D eigenvalue weighted by atomic mass is 10.1. The Kier molecular flexibility index (Phi) is 5.74. The summed E-state index contributed by atoms with van der Waals surface area (Å²) in [6, 6.07) is 7.99. The van der Waals surface area contributed by atoms with Crippen molar-refractivity contribution in [1.29, 1.82) is 0 Å². The van der Waals surface area contributed by atoms with Crippen LogP contribution < -0.4 is 4.90 Å². The van der Waals surface area contributed by atoms with Gasteiger partial charge in [-0.05, 0) is 43.2 Å². The van der Waals surface area contributed by atoms with Gasteiger partial charge in [-0.25, -0.2) is 18.6 Å². The average Bonchev–Trinajstić information content (AvgIpc) is 3.40. The molecular formula is C21H18F2N2O4S. The van der Waals surface area contributed by atoms with Crippen LogP contribution in [0, 0.1) is 11.6 Å². The second-order valence-electron chi connectivity index (χ2n) is 6.85. The third-order valence-electron chi connectivity index (χ3n) is 4.84. The van der Waals surface area contributed by atoms with Crippen molar-refractivity contribution in [2.24, 2.45) is 0 Å². The van der Waals surface area contributed by atoms with E-state index in [2.05, 4.69) is 9.72 Å². The summed E-state index contributed by atoms with van der Waals surface area (Å²) in [6.45, 7) is 0.849. The van der Waals surface area contributed by atoms with Crippen molar-refractivity contribution in [3.05, 3.63) is 59.2 Å². The standard InChI is InChI=1S/C21H18F2N2O4S/c1-28-20(27)13-6-4-12(5-7-13)19(26)25(11-15-3-2-8-29-15)21-24-18-16(23)9-14(22)10-17(18)30-21/h4-7,9-10,15H,2-3,8,11H2,1H3. The Morgan fingerprint density at radius 1 is 1.23 bits per heavy atom. The molecule has 3 aromatic rings. The van der Waals surface area contributed by atoms with Crippen LogP contribution in [-0.2, 0) is 9.47 Å². The van der Waals surface area contributed by atoms with Crippen molar-refractivity contribution in [3.63, 3.8) is 0 Å². The van der Waals surface area contributed by atoms with Gasteiger partial charge in [-0.15, -0.1) is 0 Å². The number of methoxy groups -OCH3 is 1. The van der Waals surface area contributed by atoms with Gasteiger partial charge in [-0.3, -0.25) is 9.69 Å². The molecule has 1 aliphatic heterocycles. The highest BCUT2D eigenvalue weighted by molar-refractivity contribution is 7.22. The number of hydrogen-bond acceptors (Lipinski definition) is 6. The number of hydrogen-bond donors (Lipinski definition) is 0. The molecule has 2 aromatic carbocycles. The summed E-state index contributed by atoms with van der Waals surface area (Å²) in [5.74, 6) is -2.36. The quantitative estimate of drug-likeness (QED) is 0.566. The van der Waals surface area contributed by atoms with Gasteiger partial charge in [-0.1, -0.05) is 11.3 Å². The summed E-state index contributed by atoms with van der Waals surface area (Å²) in [6.07, 6.45) is 1.51. The Hall–Kier alpha value is -2.91. The summed E-state index contributed by atoms with van der Waals surface area (Å²) in [7, 11) is 1.28. The number of aromatic nitrogens is 1. The van der Waals surface area contributed by atoms with Gasteiger partial charge in [0.25, 0.3) is 5.91 Å². The van der Waals surface area contributed by atoms with Crippen LogP contribution in [0.2, 0.25) is 0 Å². The molecule has 0 bridgehead atoms. The molecule has 156 valence electrons. The molecule has 6 nitrogen and oxygen atoms in total. The second kappa shape index (κ2) is 8.45. The van der Waals surface area contributed by atoms with Gasteiger partial charge in [-0.2, -0.15) is 0 Å². The maximum atomic E-state index is 14.1. The number of thiazole rings is 1. The van der Waals surface area contributed by atoms with Crippen LogP contribution in [0.3, 0.4) is 0 Å². The van der Waals surface area contributed by atoms with Gasteiger partial charge < -0.3 is 9.47 Å². The van der Waals surface area contributed by atoms with Crippen LogP contribution in [0.5, 0.6) is 0 Å². The van der Waals surface area contributed by atoms with Crippen molar-refractivity contribution in [2.45, 2.75) is 18.9 Å². The van der Waals surface area contributed by atoms with Crippen LogP contribution in [0.4, 0.5) is 13.9 Å². The van der Waals surface area contributed by atoms with E-state index in [1.165, 1.54) is 42.3 Å². The molecule has 9 heteroatoms. The van der Waals surface area contributed by atoms with Crippen molar-refractivity contribution < 1.29 is 27.8 Å². The third kappa shape index (κ3) is 4.03. The van der Waals surface area contributed by atoms with E-state index in [-0.39, 0.29) is 29.2 Å². The van der Waals surface area contributed by atoms with Crippen LogP contribution in [0.15, 0.2) is 36.4 Å². The second-order valence-corrected chi connectivity index (χ2v) is 7.86. The van der Waals surface area contributed by atoms with Crippen LogP contribution >= 0.6 is 11.3 Å². The molecule has 2 heterocycles. The fourth-order valence-corrected chi connectivity index (χ4v) is 4.34. The Balaban J connectivity index is 1.70. The number of carbonyl (C=O) groups is 2. The number of esters is 1. The number of fused-ring (bicyclic) bond motifs is 1. The predicted molar refractivity (Wildman–Crippen MR) is 108 cm³/mol. The predicted octanol–water partition coefficient (Wildman–Crippen LogP) is 4.19. The molecule has 1 aromatic heterocycles. The molecule has 1 saturated heterocycles. The monoisotopic (exact) mass is 432 g/mol. The van der Waals surface area contributed by atoms with Crippen molar-refractivity contribution in [2.75, 3.05) is 25.2 Å². The highest BCUT2D eigenvalue weighted by Gasteiger charge is 2.27. The fourth-order valence-electron chi connectivity index (χ4n) is 3.32. The first-order valence-corrected chi connectivity index (χ1v) is 10.2. The van der Waals surface area contributed by atoms with Crippen molar-refractivity contribution in [3.8, 4) is 0 Å². The van der Waals surface area contributed by atoms with E-state index >= 15 is 0 Å². The molecule has 0 aliphatic carbocycles. The summed E-state index contributed by atoms with van der Waals surface area (Å²) in [5, 5.41) is 0.257. The lowest BCUT2D eigenvalue weighted by molar-refractivity contribution is 0.0600. The van der Waals surface area contributed by atoms with Gasteiger partial charge in [0.2, 0.25) is 0 Å². The van der Waals surface area contributed by atoms with E-state index < -0.39 is 17.6 Å². The third-order valence-corrected chi connectivity index (χ3v) is 5.87. The molecule has 0 radical (unpaired) electrons. The minimum Gasteiger partial charge on any atom is -0.465 e. The zero-order chi connectivity index (χ0) is 21.3. The maximum Gasteiger partial charge on any atom is 0.337 e. The summed E-state index contributed by atoms with van der Waals surface area (Å²) < 4.78 is 38.4. The Labute approximate surface area is 175 Å². The Morgan fingerprint density at radius 2 is 1.97 bits per heavy atom. The molecule has 0 N–H and O–H groups in total. The highest BCUT2D eigenvalue weighted by Crippen LogP contribution is 2.32. The number of anilines is 1. The van der Waals surface area contributed by atoms with Gasteiger partial charge in [0.15, 0.2) is 10.9 Å². The largest absolute Gasteiger partial charge is 0.465 e. The molecule has 0 saturated carbocycles. The topological polar surface area (TPSA) is 68.7 Å². The molecule has 1 fully saturated rings. The minimum absolute atomic E-state index is 0.0163. The molecule has 1 aliphatic rings. The fraction of sp³-hybridized carbons (Fsp3) is 0.286. The summed E-state index contributed by atoms with van der Waals surface area (Å²) in [5.41, 5.74) is 0.659. The first kappa shape index (κ1) is 20.4. The van der Waals surface area contributed by atoms with Gasteiger partial charge in [0.1, 0.15) is 11.3 Å². The van der Waals surface area contributed by atoms with Gasteiger partial charge in [0.05, 0.1) is 30.0 Å². The lowest BCUT2D eigenvalue weighted by Gasteiger charge is -2.23. The SMILES string of the molecule is COC(=O)c1ccc(C(=O)N(CC2CCCO2)c2nc3c(F)cc(F)cc3s2)cc1. The number of benzene rings is 2.